The molecule has 0 spiro atoms. The Hall–Kier alpha value is -0.630. The normalized spacial score (nSPS) is 11.8. The van der Waals surface area contributed by atoms with Crippen LogP contribution in [0.2, 0.25) is 0 Å². The SMILES string of the molecule is CC(C)/C(Cl)=C\C=C(N)N. The highest BCUT2D eigenvalue weighted by Crippen LogP contribution is 2.13. The Morgan fingerprint density at radius 1 is 1.30 bits per heavy atom. The first kappa shape index (κ1) is 9.37. The molecule has 0 saturated carbocycles. The molecule has 0 rings (SSSR count). The van der Waals surface area contributed by atoms with Gasteiger partial charge >= 0.3 is 0 Å². The van der Waals surface area contributed by atoms with Crippen molar-refractivity contribution in [3.8, 4) is 0 Å². The summed E-state index contributed by atoms with van der Waals surface area (Å²) >= 11 is 5.77. The molecule has 10 heavy (non-hydrogen) atoms. The number of rotatable bonds is 2. The van der Waals surface area contributed by atoms with E-state index in [2.05, 4.69) is 0 Å². The Balaban J connectivity index is 4.05. The van der Waals surface area contributed by atoms with Gasteiger partial charge in [0.05, 0.1) is 5.82 Å². The van der Waals surface area contributed by atoms with Crippen molar-refractivity contribution < 1.29 is 0 Å². The summed E-state index contributed by atoms with van der Waals surface area (Å²) in [5.41, 5.74) is 10.4. The van der Waals surface area contributed by atoms with Crippen molar-refractivity contribution >= 4 is 11.6 Å². The van der Waals surface area contributed by atoms with Crippen molar-refractivity contribution in [2.75, 3.05) is 0 Å². The second-order valence-electron chi connectivity index (χ2n) is 2.37. The summed E-state index contributed by atoms with van der Waals surface area (Å²) in [6.45, 7) is 4.00. The second-order valence-corrected chi connectivity index (χ2v) is 2.81. The minimum atomic E-state index is 0.277. The first-order valence-corrected chi connectivity index (χ1v) is 3.50. The molecule has 0 unspecified atom stereocenters. The molecule has 0 aliphatic heterocycles. The fourth-order valence-corrected chi connectivity index (χ4v) is 0.431. The lowest BCUT2D eigenvalue weighted by Crippen LogP contribution is -2.06. The molecule has 0 aromatic heterocycles. The third-order valence-electron chi connectivity index (χ3n) is 0.987. The summed E-state index contributed by atoms with van der Waals surface area (Å²) < 4.78 is 0. The average molecular weight is 161 g/mol. The van der Waals surface area contributed by atoms with Gasteiger partial charge in [0.15, 0.2) is 0 Å². The summed E-state index contributed by atoms with van der Waals surface area (Å²) in [5.74, 6) is 0.607. The maximum Gasteiger partial charge on any atom is 0.0933 e. The van der Waals surface area contributed by atoms with Crippen LogP contribution in [0.5, 0.6) is 0 Å². The van der Waals surface area contributed by atoms with E-state index >= 15 is 0 Å². The van der Waals surface area contributed by atoms with Gasteiger partial charge in [0.2, 0.25) is 0 Å². The van der Waals surface area contributed by atoms with Gasteiger partial charge in [-0.3, -0.25) is 0 Å². The standard InChI is InChI=1S/C7H13ClN2/c1-5(2)6(8)3-4-7(9)10/h3-5H,9-10H2,1-2H3/b6-3+. The summed E-state index contributed by atoms with van der Waals surface area (Å²) in [6, 6.07) is 0. The zero-order chi connectivity index (χ0) is 8.15. The van der Waals surface area contributed by atoms with Crippen molar-refractivity contribution in [2.24, 2.45) is 17.4 Å². The summed E-state index contributed by atoms with van der Waals surface area (Å²) in [4.78, 5) is 0. The van der Waals surface area contributed by atoms with Crippen LogP contribution >= 0.6 is 11.6 Å². The van der Waals surface area contributed by atoms with Crippen molar-refractivity contribution in [1.29, 1.82) is 0 Å². The fourth-order valence-electron chi connectivity index (χ4n) is 0.368. The second kappa shape index (κ2) is 4.23. The highest BCUT2D eigenvalue weighted by molar-refractivity contribution is 6.29. The van der Waals surface area contributed by atoms with Crippen molar-refractivity contribution in [2.45, 2.75) is 13.8 Å². The molecule has 3 heteroatoms. The lowest BCUT2D eigenvalue weighted by molar-refractivity contribution is 0.813. The molecule has 0 aromatic carbocycles. The Labute approximate surface area is 66.5 Å². The van der Waals surface area contributed by atoms with Crippen molar-refractivity contribution in [1.82, 2.24) is 0 Å². The molecule has 0 atom stereocenters. The molecule has 0 radical (unpaired) electrons. The first-order valence-electron chi connectivity index (χ1n) is 3.12. The Bertz CT molecular complexity index is 155. The van der Waals surface area contributed by atoms with E-state index in [4.69, 9.17) is 23.1 Å². The summed E-state index contributed by atoms with van der Waals surface area (Å²) in [5, 5.41) is 0.758. The third-order valence-corrected chi connectivity index (χ3v) is 1.55. The monoisotopic (exact) mass is 160 g/mol. The number of halogens is 1. The van der Waals surface area contributed by atoms with Gasteiger partial charge in [0.25, 0.3) is 0 Å². The predicted octanol–water partition coefficient (Wildman–Crippen LogP) is 1.52. The highest BCUT2D eigenvalue weighted by Gasteiger charge is 1.95. The van der Waals surface area contributed by atoms with Crippen LogP contribution in [0.1, 0.15) is 13.8 Å². The molecule has 4 N–H and O–H groups in total. The van der Waals surface area contributed by atoms with Crippen LogP contribution < -0.4 is 11.5 Å². The van der Waals surface area contributed by atoms with E-state index in [1.807, 2.05) is 13.8 Å². The lowest BCUT2D eigenvalue weighted by atomic mass is 10.2. The molecule has 2 nitrogen and oxygen atoms in total. The fraction of sp³-hybridized carbons (Fsp3) is 0.429. The Kier molecular flexibility index (Phi) is 3.96. The van der Waals surface area contributed by atoms with E-state index < -0.39 is 0 Å². The van der Waals surface area contributed by atoms with E-state index in [-0.39, 0.29) is 5.82 Å². The van der Waals surface area contributed by atoms with Crippen LogP contribution in [-0.4, -0.2) is 0 Å². The van der Waals surface area contributed by atoms with Gasteiger partial charge in [-0.2, -0.15) is 0 Å². The minimum Gasteiger partial charge on any atom is -0.386 e. The van der Waals surface area contributed by atoms with E-state index in [0.717, 1.165) is 5.03 Å². The molecular weight excluding hydrogens is 148 g/mol. The summed E-state index contributed by atoms with van der Waals surface area (Å²) in [6.07, 6.45) is 3.30. The molecule has 0 aliphatic carbocycles. The van der Waals surface area contributed by atoms with Crippen LogP contribution in [0.15, 0.2) is 23.0 Å². The van der Waals surface area contributed by atoms with Gasteiger partial charge in [-0.25, -0.2) is 0 Å². The molecule has 0 fully saturated rings. The Morgan fingerprint density at radius 2 is 1.80 bits per heavy atom. The van der Waals surface area contributed by atoms with Crippen LogP contribution in [0.4, 0.5) is 0 Å². The highest BCUT2D eigenvalue weighted by atomic mass is 35.5. The van der Waals surface area contributed by atoms with Crippen LogP contribution in [0, 0.1) is 5.92 Å². The molecule has 0 saturated heterocycles. The molecular formula is C7H13ClN2. The van der Waals surface area contributed by atoms with Gasteiger partial charge < -0.3 is 11.5 Å². The smallest absolute Gasteiger partial charge is 0.0933 e. The third kappa shape index (κ3) is 4.27. The zero-order valence-electron chi connectivity index (χ0n) is 6.26. The number of hydrogen-bond donors (Lipinski definition) is 2. The lowest BCUT2D eigenvalue weighted by Gasteiger charge is -1.99. The maximum atomic E-state index is 5.77. The minimum absolute atomic E-state index is 0.277. The molecule has 0 aromatic rings. The van der Waals surface area contributed by atoms with E-state index in [1.165, 1.54) is 0 Å². The van der Waals surface area contributed by atoms with Crippen molar-refractivity contribution in [3.63, 3.8) is 0 Å². The summed E-state index contributed by atoms with van der Waals surface area (Å²) in [7, 11) is 0. The van der Waals surface area contributed by atoms with Gasteiger partial charge in [-0.15, -0.1) is 0 Å². The molecule has 0 bridgehead atoms. The van der Waals surface area contributed by atoms with Crippen LogP contribution in [-0.2, 0) is 0 Å². The van der Waals surface area contributed by atoms with Gasteiger partial charge in [0.1, 0.15) is 0 Å². The van der Waals surface area contributed by atoms with E-state index in [1.54, 1.807) is 12.2 Å². The van der Waals surface area contributed by atoms with E-state index in [0.29, 0.717) is 5.92 Å². The van der Waals surface area contributed by atoms with Gasteiger partial charge in [0, 0.05) is 5.03 Å². The van der Waals surface area contributed by atoms with Gasteiger partial charge in [-0.1, -0.05) is 25.4 Å². The van der Waals surface area contributed by atoms with Crippen LogP contribution in [0.3, 0.4) is 0 Å². The first-order chi connectivity index (χ1) is 4.54. The topological polar surface area (TPSA) is 52.0 Å². The van der Waals surface area contributed by atoms with Crippen LogP contribution in [0.25, 0.3) is 0 Å². The number of nitrogens with two attached hydrogens (primary N) is 2. The zero-order valence-corrected chi connectivity index (χ0v) is 7.02. The number of allylic oxidation sites excluding steroid dienone is 3. The predicted molar refractivity (Wildman–Crippen MR) is 45.2 cm³/mol. The molecule has 0 heterocycles. The Morgan fingerprint density at radius 3 is 2.10 bits per heavy atom. The largest absolute Gasteiger partial charge is 0.386 e. The van der Waals surface area contributed by atoms with Crippen molar-refractivity contribution in [3.05, 3.63) is 23.0 Å². The van der Waals surface area contributed by atoms with E-state index in [9.17, 15) is 0 Å². The average Bonchev–Trinajstić information content (AvgIpc) is 1.82. The number of hydrogen-bond acceptors (Lipinski definition) is 2. The maximum absolute atomic E-state index is 5.77. The molecule has 0 amide bonds. The molecule has 0 aliphatic rings. The quantitative estimate of drug-likeness (QED) is 0.602. The molecule has 58 valence electrons. The van der Waals surface area contributed by atoms with Gasteiger partial charge in [-0.05, 0) is 18.1 Å².